The summed E-state index contributed by atoms with van der Waals surface area (Å²) < 4.78 is 28.7. The van der Waals surface area contributed by atoms with Crippen molar-refractivity contribution in [1.29, 1.82) is 0 Å². The van der Waals surface area contributed by atoms with Crippen molar-refractivity contribution < 1.29 is 18.3 Å². The average molecular weight is 284 g/mol. The zero-order valence-electron chi connectivity index (χ0n) is 11.3. The summed E-state index contributed by atoms with van der Waals surface area (Å²) in [5, 5.41) is 3.07. The third-order valence-corrected chi connectivity index (χ3v) is 3.38. The number of hydrogen-bond donors (Lipinski definition) is 1. The summed E-state index contributed by atoms with van der Waals surface area (Å²) in [6.45, 7) is -1.45. The van der Waals surface area contributed by atoms with E-state index in [0.717, 1.165) is 19.4 Å². The van der Waals surface area contributed by atoms with Crippen LogP contribution in [0.15, 0.2) is 24.3 Å². The third-order valence-electron chi connectivity index (χ3n) is 3.38. The summed E-state index contributed by atoms with van der Waals surface area (Å²) in [4.78, 5) is 14.2. The van der Waals surface area contributed by atoms with E-state index in [9.17, 15) is 13.6 Å². The van der Waals surface area contributed by atoms with Crippen LogP contribution in [0.4, 0.5) is 8.78 Å². The lowest BCUT2D eigenvalue weighted by Gasteiger charge is -2.24. The highest BCUT2D eigenvalue weighted by Crippen LogP contribution is 2.22. The number of nitrogens with zero attached hydrogens (tertiary/aromatic N) is 1. The second-order valence-corrected chi connectivity index (χ2v) is 4.76. The summed E-state index contributed by atoms with van der Waals surface area (Å²) in [7, 11) is 1.85. The molecule has 1 aliphatic heterocycles. The first-order chi connectivity index (χ1) is 9.61. The molecule has 1 amide bonds. The van der Waals surface area contributed by atoms with Gasteiger partial charge >= 0.3 is 6.61 Å². The predicted molar refractivity (Wildman–Crippen MR) is 71.1 cm³/mol. The van der Waals surface area contributed by atoms with Crippen LogP contribution in [-0.2, 0) is 0 Å². The number of benzene rings is 1. The van der Waals surface area contributed by atoms with Gasteiger partial charge in [-0.3, -0.25) is 4.79 Å². The van der Waals surface area contributed by atoms with Crippen LogP contribution in [0.2, 0.25) is 0 Å². The molecule has 0 aromatic heterocycles. The molecule has 0 saturated carbocycles. The van der Waals surface area contributed by atoms with Crippen molar-refractivity contribution in [2.24, 2.45) is 0 Å². The van der Waals surface area contributed by atoms with Crippen LogP contribution in [0, 0.1) is 0 Å². The molecule has 6 heteroatoms. The molecule has 0 aliphatic carbocycles. The fraction of sp³-hybridized carbons (Fsp3) is 0.500. The SMILES string of the molecule is CNCC1CCCN1C(=O)c1cccc(OC(F)F)c1. The molecule has 0 bridgehead atoms. The highest BCUT2D eigenvalue weighted by Gasteiger charge is 2.28. The molecular weight excluding hydrogens is 266 g/mol. The van der Waals surface area contributed by atoms with E-state index in [-0.39, 0.29) is 17.7 Å². The normalized spacial score (nSPS) is 18.6. The largest absolute Gasteiger partial charge is 0.435 e. The van der Waals surface area contributed by atoms with Crippen LogP contribution >= 0.6 is 0 Å². The number of halogens is 2. The van der Waals surface area contributed by atoms with Gasteiger partial charge in [-0.15, -0.1) is 0 Å². The maximum absolute atomic E-state index is 12.4. The van der Waals surface area contributed by atoms with Gasteiger partial charge < -0.3 is 15.0 Å². The number of amides is 1. The molecule has 0 spiro atoms. The van der Waals surface area contributed by atoms with Crippen LogP contribution in [0.3, 0.4) is 0 Å². The molecule has 2 rings (SSSR count). The summed E-state index contributed by atoms with van der Waals surface area (Å²) in [6.07, 6.45) is 1.92. The molecule has 0 radical (unpaired) electrons. The van der Waals surface area contributed by atoms with Gasteiger partial charge in [-0.05, 0) is 38.1 Å². The number of likely N-dealkylation sites (N-methyl/N-ethyl adjacent to an activating group) is 1. The van der Waals surface area contributed by atoms with Crippen LogP contribution in [-0.4, -0.2) is 43.6 Å². The number of carbonyl (C=O) groups is 1. The molecule has 4 nitrogen and oxygen atoms in total. The second kappa shape index (κ2) is 6.65. The Morgan fingerprint density at radius 3 is 3.05 bits per heavy atom. The van der Waals surface area contributed by atoms with E-state index in [2.05, 4.69) is 10.1 Å². The smallest absolute Gasteiger partial charge is 0.387 e. The second-order valence-electron chi connectivity index (χ2n) is 4.76. The van der Waals surface area contributed by atoms with Gasteiger partial charge in [0.2, 0.25) is 0 Å². The Bertz CT molecular complexity index is 468. The van der Waals surface area contributed by atoms with E-state index in [4.69, 9.17) is 0 Å². The van der Waals surface area contributed by atoms with E-state index < -0.39 is 6.61 Å². The van der Waals surface area contributed by atoms with E-state index in [1.54, 1.807) is 17.0 Å². The summed E-state index contributed by atoms with van der Waals surface area (Å²) in [5.74, 6) is -0.127. The lowest BCUT2D eigenvalue weighted by Crippen LogP contribution is -2.40. The topological polar surface area (TPSA) is 41.6 Å². The molecule has 1 atom stereocenters. The molecule has 1 aromatic rings. The Balaban J connectivity index is 2.12. The average Bonchev–Trinajstić information content (AvgIpc) is 2.86. The number of carbonyl (C=O) groups excluding carboxylic acids is 1. The van der Waals surface area contributed by atoms with Gasteiger partial charge in [0.15, 0.2) is 0 Å². The highest BCUT2D eigenvalue weighted by atomic mass is 19.3. The van der Waals surface area contributed by atoms with Gasteiger partial charge in [0.1, 0.15) is 5.75 Å². The van der Waals surface area contributed by atoms with Gasteiger partial charge in [0.05, 0.1) is 0 Å². The monoisotopic (exact) mass is 284 g/mol. The molecule has 20 heavy (non-hydrogen) atoms. The fourth-order valence-electron chi connectivity index (χ4n) is 2.52. The molecule has 1 unspecified atom stereocenters. The van der Waals surface area contributed by atoms with Crippen LogP contribution in [0.1, 0.15) is 23.2 Å². The zero-order chi connectivity index (χ0) is 14.5. The summed E-state index contributed by atoms with van der Waals surface area (Å²) >= 11 is 0. The Morgan fingerprint density at radius 1 is 1.55 bits per heavy atom. The Morgan fingerprint density at radius 2 is 2.35 bits per heavy atom. The van der Waals surface area contributed by atoms with Gasteiger partial charge in [-0.2, -0.15) is 8.78 Å². The van der Waals surface area contributed by atoms with Gasteiger partial charge in [0, 0.05) is 24.7 Å². The predicted octanol–water partition coefficient (Wildman–Crippen LogP) is 2.11. The molecule has 1 heterocycles. The number of rotatable bonds is 5. The van der Waals surface area contributed by atoms with Crippen molar-refractivity contribution in [1.82, 2.24) is 10.2 Å². The third kappa shape index (κ3) is 3.45. The lowest BCUT2D eigenvalue weighted by molar-refractivity contribution is -0.0499. The molecule has 1 saturated heterocycles. The molecule has 1 N–H and O–H groups in total. The van der Waals surface area contributed by atoms with Crippen LogP contribution in [0.25, 0.3) is 0 Å². The summed E-state index contributed by atoms with van der Waals surface area (Å²) in [6, 6.07) is 6.11. The van der Waals surface area contributed by atoms with Crippen LogP contribution in [0.5, 0.6) is 5.75 Å². The molecule has 1 aliphatic rings. The Labute approximate surface area is 116 Å². The number of ether oxygens (including phenoxy) is 1. The quantitative estimate of drug-likeness (QED) is 0.900. The lowest BCUT2D eigenvalue weighted by atomic mass is 10.1. The molecule has 1 fully saturated rings. The first-order valence-electron chi connectivity index (χ1n) is 6.62. The van der Waals surface area contributed by atoms with Crippen molar-refractivity contribution in [2.75, 3.05) is 20.1 Å². The van der Waals surface area contributed by atoms with E-state index in [0.29, 0.717) is 12.1 Å². The van der Waals surface area contributed by atoms with E-state index in [1.165, 1.54) is 12.1 Å². The molecule has 1 aromatic carbocycles. The van der Waals surface area contributed by atoms with E-state index in [1.807, 2.05) is 7.05 Å². The minimum atomic E-state index is -2.89. The first-order valence-corrected chi connectivity index (χ1v) is 6.62. The minimum absolute atomic E-state index is 0.00946. The Kier molecular flexibility index (Phi) is 4.89. The van der Waals surface area contributed by atoms with Gasteiger partial charge in [-0.25, -0.2) is 0 Å². The highest BCUT2D eigenvalue weighted by molar-refractivity contribution is 5.95. The number of nitrogens with one attached hydrogen (secondary N) is 1. The number of alkyl halides is 2. The number of hydrogen-bond acceptors (Lipinski definition) is 3. The summed E-state index contributed by atoms with van der Waals surface area (Å²) in [5.41, 5.74) is 0.381. The van der Waals surface area contributed by atoms with Crippen molar-refractivity contribution >= 4 is 5.91 Å². The Hall–Kier alpha value is -1.69. The number of likely N-dealkylation sites (tertiary alicyclic amines) is 1. The fourth-order valence-corrected chi connectivity index (χ4v) is 2.52. The van der Waals surface area contributed by atoms with Gasteiger partial charge in [-0.1, -0.05) is 6.07 Å². The van der Waals surface area contributed by atoms with Gasteiger partial charge in [0.25, 0.3) is 5.91 Å². The maximum atomic E-state index is 12.4. The molecular formula is C14H18F2N2O2. The van der Waals surface area contributed by atoms with Crippen molar-refractivity contribution in [3.8, 4) is 5.75 Å². The van der Waals surface area contributed by atoms with Crippen molar-refractivity contribution in [2.45, 2.75) is 25.5 Å². The molecule has 110 valence electrons. The standard InChI is InChI=1S/C14H18F2N2O2/c1-17-9-11-5-3-7-18(11)13(19)10-4-2-6-12(8-10)20-14(15)16/h2,4,6,8,11,14,17H,3,5,7,9H2,1H3. The maximum Gasteiger partial charge on any atom is 0.387 e. The van der Waals surface area contributed by atoms with Crippen LogP contribution < -0.4 is 10.1 Å². The van der Waals surface area contributed by atoms with Crippen molar-refractivity contribution in [3.63, 3.8) is 0 Å². The van der Waals surface area contributed by atoms with Crippen molar-refractivity contribution in [3.05, 3.63) is 29.8 Å². The zero-order valence-corrected chi connectivity index (χ0v) is 11.3. The van der Waals surface area contributed by atoms with E-state index >= 15 is 0 Å². The first kappa shape index (κ1) is 14.7. The minimum Gasteiger partial charge on any atom is -0.435 e.